The first kappa shape index (κ1) is 19.0. The van der Waals surface area contributed by atoms with Crippen molar-refractivity contribution in [2.24, 2.45) is 23.0 Å². The molecule has 6 heteroatoms. The number of carbonyl (C=O) groups excluding carboxylic acids is 1. The van der Waals surface area contributed by atoms with Gasteiger partial charge < -0.3 is 20.4 Å². The van der Waals surface area contributed by atoms with E-state index in [0.717, 1.165) is 12.0 Å². The Bertz CT molecular complexity index is 713. The van der Waals surface area contributed by atoms with E-state index in [-0.39, 0.29) is 23.6 Å². The van der Waals surface area contributed by atoms with Crippen LogP contribution in [-0.4, -0.2) is 36.7 Å². The topological polar surface area (TPSA) is 73.6 Å². The Morgan fingerprint density at radius 1 is 1.30 bits per heavy atom. The Balaban J connectivity index is 1.35. The smallest absolute Gasteiger partial charge is 0.404 e. The minimum atomic E-state index is -0.583. The molecular weight excluding hydrogens is 339 g/mol. The number of amides is 1. The van der Waals surface area contributed by atoms with Crippen LogP contribution in [0.3, 0.4) is 0 Å². The molecular formula is C21H31BN2O3. The van der Waals surface area contributed by atoms with Gasteiger partial charge in [-0.15, -0.1) is 0 Å². The van der Waals surface area contributed by atoms with Gasteiger partial charge in [0.15, 0.2) is 0 Å². The number of hydrogen-bond acceptors (Lipinski definition) is 4. The average molecular weight is 370 g/mol. The summed E-state index contributed by atoms with van der Waals surface area (Å²) in [5, 5.41) is 3.00. The molecule has 5 rings (SSSR count). The summed E-state index contributed by atoms with van der Waals surface area (Å²) in [6, 6.07) is 9.26. The summed E-state index contributed by atoms with van der Waals surface area (Å²) >= 11 is 0. The molecule has 4 fully saturated rings. The van der Waals surface area contributed by atoms with Gasteiger partial charge in [0.2, 0.25) is 5.91 Å². The van der Waals surface area contributed by atoms with E-state index in [4.69, 9.17) is 15.0 Å². The minimum absolute atomic E-state index is 0.122. The zero-order valence-electron chi connectivity index (χ0n) is 16.8. The van der Waals surface area contributed by atoms with Crippen molar-refractivity contribution in [3.63, 3.8) is 0 Å². The number of benzene rings is 1. The Morgan fingerprint density at radius 3 is 2.67 bits per heavy atom. The lowest BCUT2D eigenvalue weighted by molar-refractivity contribution is -0.199. The second-order valence-electron chi connectivity index (χ2n) is 9.43. The third-order valence-electron chi connectivity index (χ3n) is 7.38. The van der Waals surface area contributed by atoms with Crippen LogP contribution in [-0.2, 0) is 20.5 Å². The molecule has 1 amide bonds. The molecule has 2 bridgehead atoms. The standard InChI is InChI=1S/C21H31BN2O3/c1-13(24-19(25)16(23)10-14-8-6-5-7-9-14)22-26-18-12-15-11-17(20(15,2)3)21(18,4)27-22/h5-9,13,15-18H,10-12,23H2,1-4H3,(H,24,25)/t13-,15?,16?,17-,18?,21-/m0/s1. The zero-order chi connectivity index (χ0) is 19.4. The van der Waals surface area contributed by atoms with Crippen LogP contribution < -0.4 is 11.1 Å². The van der Waals surface area contributed by atoms with Gasteiger partial charge in [0.05, 0.1) is 23.7 Å². The minimum Gasteiger partial charge on any atom is -0.404 e. The maximum absolute atomic E-state index is 12.5. The fourth-order valence-electron chi connectivity index (χ4n) is 5.47. The lowest BCUT2D eigenvalue weighted by Gasteiger charge is -2.64. The summed E-state index contributed by atoms with van der Waals surface area (Å²) in [7, 11) is -0.414. The molecule has 3 N–H and O–H groups in total. The lowest BCUT2D eigenvalue weighted by Crippen LogP contribution is -2.65. The monoisotopic (exact) mass is 370 g/mol. The highest BCUT2D eigenvalue weighted by Gasteiger charge is 2.68. The van der Waals surface area contributed by atoms with Crippen molar-refractivity contribution in [1.82, 2.24) is 5.32 Å². The molecule has 1 aromatic rings. The maximum atomic E-state index is 12.5. The van der Waals surface area contributed by atoms with E-state index in [1.165, 1.54) is 6.42 Å². The molecule has 146 valence electrons. The lowest BCUT2D eigenvalue weighted by atomic mass is 9.43. The van der Waals surface area contributed by atoms with E-state index >= 15 is 0 Å². The van der Waals surface area contributed by atoms with Gasteiger partial charge in [-0.1, -0.05) is 44.2 Å². The van der Waals surface area contributed by atoms with Crippen molar-refractivity contribution in [2.75, 3.05) is 0 Å². The number of nitrogens with two attached hydrogens (primary N) is 1. The van der Waals surface area contributed by atoms with Crippen LogP contribution >= 0.6 is 0 Å². The van der Waals surface area contributed by atoms with Crippen LogP contribution in [0.2, 0.25) is 0 Å². The van der Waals surface area contributed by atoms with E-state index in [1.54, 1.807) is 0 Å². The van der Waals surface area contributed by atoms with Crippen LogP contribution in [0.25, 0.3) is 0 Å². The fourth-order valence-corrected chi connectivity index (χ4v) is 5.47. The van der Waals surface area contributed by atoms with Gasteiger partial charge in [-0.2, -0.15) is 0 Å². The van der Waals surface area contributed by atoms with Crippen LogP contribution in [0.4, 0.5) is 0 Å². The van der Waals surface area contributed by atoms with Crippen LogP contribution in [0.1, 0.15) is 46.1 Å². The molecule has 6 atom stereocenters. The molecule has 1 aliphatic heterocycles. The summed E-state index contributed by atoms with van der Waals surface area (Å²) in [5.74, 6) is 0.833. The fraction of sp³-hybridized carbons (Fsp3) is 0.667. The first-order valence-corrected chi connectivity index (χ1v) is 10.1. The van der Waals surface area contributed by atoms with Crippen molar-refractivity contribution >= 4 is 13.0 Å². The van der Waals surface area contributed by atoms with Gasteiger partial charge in [0.25, 0.3) is 0 Å². The highest BCUT2D eigenvalue weighted by atomic mass is 16.7. The molecule has 1 saturated heterocycles. The number of hydrogen-bond donors (Lipinski definition) is 2. The molecule has 4 aliphatic rings. The second kappa shape index (κ2) is 6.61. The van der Waals surface area contributed by atoms with E-state index in [9.17, 15) is 4.79 Å². The molecule has 0 spiro atoms. The summed E-state index contributed by atoms with van der Waals surface area (Å²) in [4.78, 5) is 12.5. The maximum Gasteiger partial charge on any atom is 0.481 e. The second-order valence-corrected chi connectivity index (χ2v) is 9.43. The summed E-state index contributed by atoms with van der Waals surface area (Å²) in [6.45, 7) is 8.82. The summed E-state index contributed by atoms with van der Waals surface area (Å²) in [5.41, 5.74) is 7.22. The Hall–Kier alpha value is -1.37. The highest BCUT2D eigenvalue weighted by molar-refractivity contribution is 6.47. The van der Waals surface area contributed by atoms with Gasteiger partial charge in [0, 0.05) is 0 Å². The first-order valence-electron chi connectivity index (χ1n) is 10.1. The zero-order valence-corrected chi connectivity index (χ0v) is 16.8. The molecule has 0 radical (unpaired) electrons. The van der Waals surface area contributed by atoms with Crippen molar-refractivity contribution in [2.45, 2.75) is 70.6 Å². The molecule has 0 aromatic heterocycles. The predicted octanol–water partition coefficient (Wildman–Crippen LogP) is 2.33. The third kappa shape index (κ3) is 3.12. The van der Waals surface area contributed by atoms with Crippen LogP contribution in [0.5, 0.6) is 0 Å². The normalized spacial score (nSPS) is 35.7. The van der Waals surface area contributed by atoms with Gasteiger partial charge in [-0.3, -0.25) is 4.79 Å². The van der Waals surface area contributed by atoms with E-state index < -0.39 is 13.2 Å². The molecule has 5 nitrogen and oxygen atoms in total. The van der Waals surface area contributed by atoms with Crippen molar-refractivity contribution in [1.29, 1.82) is 0 Å². The van der Waals surface area contributed by atoms with E-state index in [2.05, 4.69) is 26.1 Å². The molecule has 27 heavy (non-hydrogen) atoms. The summed E-state index contributed by atoms with van der Waals surface area (Å²) < 4.78 is 12.7. The van der Waals surface area contributed by atoms with Gasteiger partial charge >= 0.3 is 7.12 Å². The van der Waals surface area contributed by atoms with Gasteiger partial charge in [-0.05, 0) is 55.9 Å². The van der Waals surface area contributed by atoms with Crippen molar-refractivity contribution in [3.05, 3.63) is 35.9 Å². The van der Waals surface area contributed by atoms with E-state index in [0.29, 0.717) is 23.7 Å². The van der Waals surface area contributed by atoms with Crippen LogP contribution in [0, 0.1) is 17.3 Å². The predicted molar refractivity (Wildman–Crippen MR) is 106 cm³/mol. The SMILES string of the molecule is C[C@H](NC(=O)C(N)Cc1ccccc1)B1OC2CC3C[C@@H](C3(C)C)[C@]2(C)O1. The van der Waals surface area contributed by atoms with Crippen molar-refractivity contribution in [3.8, 4) is 0 Å². The summed E-state index contributed by atoms with van der Waals surface area (Å²) in [6.07, 6.45) is 2.91. The largest absolute Gasteiger partial charge is 0.481 e. The molecule has 1 heterocycles. The number of rotatable bonds is 5. The number of carbonyl (C=O) groups is 1. The molecule has 1 aromatic carbocycles. The molecule has 3 saturated carbocycles. The Kier molecular flexibility index (Phi) is 4.64. The highest BCUT2D eigenvalue weighted by Crippen LogP contribution is 2.65. The van der Waals surface area contributed by atoms with E-state index in [1.807, 2.05) is 37.3 Å². The quantitative estimate of drug-likeness (QED) is 0.781. The van der Waals surface area contributed by atoms with Gasteiger partial charge in [-0.25, -0.2) is 0 Å². The molecule has 3 unspecified atom stereocenters. The number of nitrogens with one attached hydrogen (secondary N) is 1. The first-order chi connectivity index (χ1) is 12.7. The third-order valence-corrected chi connectivity index (χ3v) is 7.38. The van der Waals surface area contributed by atoms with Gasteiger partial charge in [0.1, 0.15) is 0 Å². The average Bonchev–Trinajstić information content (AvgIpc) is 2.99. The Morgan fingerprint density at radius 2 is 2.00 bits per heavy atom. The van der Waals surface area contributed by atoms with Crippen LogP contribution in [0.15, 0.2) is 30.3 Å². The van der Waals surface area contributed by atoms with Crippen molar-refractivity contribution < 1.29 is 14.1 Å². The molecule has 3 aliphatic carbocycles. The Labute approximate surface area is 162 Å².